The van der Waals surface area contributed by atoms with Crippen LogP contribution in [-0.2, 0) is 18.4 Å². The third kappa shape index (κ3) is 5.23. The van der Waals surface area contributed by atoms with E-state index in [9.17, 15) is 5.26 Å². The van der Waals surface area contributed by atoms with Gasteiger partial charge >= 0.3 is 0 Å². The Morgan fingerprint density at radius 2 is 1.76 bits per heavy atom. The van der Waals surface area contributed by atoms with Gasteiger partial charge in [-0.25, -0.2) is 0 Å². The molecule has 0 radical (unpaired) electrons. The van der Waals surface area contributed by atoms with Crippen LogP contribution >= 0.6 is 0 Å². The maximum absolute atomic E-state index is 9.29. The molecule has 0 unspecified atom stereocenters. The Bertz CT molecular complexity index is 968. The van der Waals surface area contributed by atoms with Crippen molar-refractivity contribution in [1.29, 1.82) is 5.26 Å². The van der Waals surface area contributed by atoms with Crippen molar-refractivity contribution in [2.75, 3.05) is 6.54 Å². The van der Waals surface area contributed by atoms with E-state index in [1.165, 1.54) is 11.1 Å². The van der Waals surface area contributed by atoms with E-state index in [2.05, 4.69) is 67.4 Å². The molecule has 1 aliphatic rings. The van der Waals surface area contributed by atoms with Crippen LogP contribution in [0.2, 0.25) is 0 Å². The number of aryl methyl sites for hydroxylation is 1. The van der Waals surface area contributed by atoms with Crippen molar-refractivity contribution in [3.05, 3.63) is 94.7 Å². The van der Waals surface area contributed by atoms with Crippen molar-refractivity contribution in [2.45, 2.75) is 45.6 Å². The van der Waals surface area contributed by atoms with Crippen LogP contribution in [0.1, 0.15) is 42.5 Å². The molecule has 2 aromatic rings. The van der Waals surface area contributed by atoms with Gasteiger partial charge in [0.25, 0.3) is 0 Å². The summed E-state index contributed by atoms with van der Waals surface area (Å²) in [6, 6.07) is 19.2. The largest absolute Gasteiger partial charge is 0.381 e. The van der Waals surface area contributed by atoms with Crippen molar-refractivity contribution in [3.63, 3.8) is 0 Å². The molecule has 148 valence electrons. The standard InChI is InChI=1S/C26H29N3/c1-19-7-9-21(10-8-19)16-25-24(6-5-15-28-25)20(2)29-17-22-11-13-23(14-12-22)26(3,4)18-27/h6-14,29H,2,5,15-17H2,1,3-4H3. The highest BCUT2D eigenvalue weighted by atomic mass is 14.9. The summed E-state index contributed by atoms with van der Waals surface area (Å²) in [5, 5.41) is 12.7. The molecule has 3 heteroatoms. The summed E-state index contributed by atoms with van der Waals surface area (Å²) < 4.78 is 0. The molecule has 1 N–H and O–H groups in total. The highest BCUT2D eigenvalue weighted by molar-refractivity contribution is 6.05. The van der Waals surface area contributed by atoms with Crippen molar-refractivity contribution in [2.24, 2.45) is 4.99 Å². The number of nitrogens with one attached hydrogen (secondary N) is 1. The van der Waals surface area contributed by atoms with Crippen molar-refractivity contribution in [3.8, 4) is 6.07 Å². The SMILES string of the molecule is C=C(NCc1ccc(C(C)(C)C#N)cc1)C1=CCCN=C1Cc1ccc(C)cc1. The molecule has 0 bridgehead atoms. The Balaban J connectivity index is 1.63. The average Bonchev–Trinajstić information content (AvgIpc) is 2.74. The third-order valence-electron chi connectivity index (χ3n) is 5.37. The normalized spacial score (nSPS) is 13.9. The molecule has 1 aliphatic heterocycles. The maximum atomic E-state index is 9.29. The summed E-state index contributed by atoms with van der Waals surface area (Å²) >= 11 is 0. The zero-order chi connectivity index (χ0) is 20.9. The summed E-state index contributed by atoms with van der Waals surface area (Å²) in [7, 11) is 0. The lowest BCUT2D eigenvalue weighted by molar-refractivity contribution is 0.686. The van der Waals surface area contributed by atoms with Crippen LogP contribution in [0, 0.1) is 18.3 Å². The lowest BCUT2D eigenvalue weighted by Crippen LogP contribution is -2.21. The van der Waals surface area contributed by atoms with Gasteiger partial charge in [0.05, 0.1) is 11.5 Å². The molecule has 2 aromatic carbocycles. The van der Waals surface area contributed by atoms with Gasteiger partial charge < -0.3 is 5.32 Å². The highest BCUT2D eigenvalue weighted by Crippen LogP contribution is 2.23. The van der Waals surface area contributed by atoms with E-state index < -0.39 is 5.41 Å². The molecule has 3 nitrogen and oxygen atoms in total. The summed E-state index contributed by atoms with van der Waals surface area (Å²) in [5.74, 6) is 0. The predicted molar refractivity (Wildman–Crippen MR) is 121 cm³/mol. The predicted octanol–water partition coefficient (Wildman–Crippen LogP) is 5.41. The van der Waals surface area contributed by atoms with Crippen LogP contribution < -0.4 is 5.32 Å². The number of nitriles is 1. The van der Waals surface area contributed by atoms with Gasteiger partial charge in [-0.3, -0.25) is 4.99 Å². The van der Waals surface area contributed by atoms with E-state index in [1.54, 1.807) is 0 Å². The maximum Gasteiger partial charge on any atom is 0.0766 e. The Morgan fingerprint density at radius 3 is 2.41 bits per heavy atom. The Kier molecular flexibility index (Phi) is 6.34. The van der Waals surface area contributed by atoms with E-state index >= 15 is 0 Å². The number of allylic oxidation sites excluding steroid dienone is 1. The molecule has 1 heterocycles. The fourth-order valence-corrected chi connectivity index (χ4v) is 3.37. The fraction of sp³-hybridized carbons (Fsp3) is 0.308. The molecular weight excluding hydrogens is 354 g/mol. The number of nitrogens with zero attached hydrogens (tertiary/aromatic N) is 2. The lowest BCUT2D eigenvalue weighted by Gasteiger charge is -2.20. The Hall–Kier alpha value is -3.12. The second-order valence-electron chi connectivity index (χ2n) is 8.16. The van der Waals surface area contributed by atoms with Gasteiger partial charge in [-0.1, -0.05) is 66.7 Å². The molecule has 0 spiro atoms. The van der Waals surface area contributed by atoms with Crippen LogP contribution in [0.4, 0.5) is 0 Å². The summed E-state index contributed by atoms with van der Waals surface area (Å²) in [6.45, 7) is 11.8. The van der Waals surface area contributed by atoms with Crippen molar-refractivity contribution < 1.29 is 0 Å². The van der Waals surface area contributed by atoms with Gasteiger partial charge in [0.2, 0.25) is 0 Å². The number of rotatable bonds is 7. The number of benzene rings is 2. The second kappa shape index (κ2) is 8.92. The topological polar surface area (TPSA) is 48.2 Å². The van der Waals surface area contributed by atoms with Crippen LogP contribution in [0.25, 0.3) is 0 Å². The minimum absolute atomic E-state index is 0.468. The highest BCUT2D eigenvalue weighted by Gasteiger charge is 2.19. The third-order valence-corrected chi connectivity index (χ3v) is 5.37. The molecule has 0 saturated carbocycles. The number of aliphatic imine (C=N–C) groups is 1. The van der Waals surface area contributed by atoms with Crippen LogP contribution in [0.15, 0.2) is 77.4 Å². The molecule has 0 saturated heterocycles. The molecule has 0 fully saturated rings. The van der Waals surface area contributed by atoms with Crippen LogP contribution in [0.5, 0.6) is 0 Å². The van der Waals surface area contributed by atoms with Gasteiger partial charge in [-0.15, -0.1) is 0 Å². The van der Waals surface area contributed by atoms with Gasteiger partial charge in [-0.2, -0.15) is 5.26 Å². The summed E-state index contributed by atoms with van der Waals surface area (Å²) in [6.07, 6.45) is 4.01. The zero-order valence-electron chi connectivity index (χ0n) is 17.6. The first-order valence-electron chi connectivity index (χ1n) is 10.1. The van der Waals surface area contributed by atoms with Crippen molar-refractivity contribution in [1.82, 2.24) is 5.32 Å². The molecular formula is C26H29N3. The number of dihydropyridines is 1. The minimum atomic E-state index is -0.468. The van der Waals surface area contributed by atoms with E-state index in [4.69, 9.17) is 4.99 Å². The minimum Gasteiger partial charge on any atom is -0.381 e. The van der Waals surface area contributed by atoms with E-state index in [1.807, 2.05) is 26.0 Å². The zero-order valence-corrected chi connectivity index (χ0v) is 17.6. The average molecular weight is 384 g/mol. The number of hydrogen-bond acceptors (Lipinski definition) is 3. The smallest absolute Gasteiger partial charge is 0.0766 e. The molecule has 0 amide bonds. The molecule has 0 atom stereocenters. The monoisotopic (exact) mass is 383 g/mol. The van der Waals surface area contributed by atoms with E-state index in [0.29, 0.717) is 6.54 Å². The molecule has 0 aliphatic carbocycles. The Labute approximate surface area is 174 Å². The summed E-state index contributed by atoms with van der Waals surface area (Å²) in [4.78, 5) is 4.77. The Morgan fingerprint density at radius 1 is 1.10 bits per heavy atom. The lowest BCUT2D eigenvalue weighted by atomic mass is 9.86. The van der Waals surface area contributed by atoms with E-state index in [-0.39, 0.29) is 0 Å². The fourth-order valence-electron chi connectivity index (χ4n) is 3.37. The quantitative estimate of drug-likeness (QED) is 0.694. The van der Waals surface area contributed by atoms with Gasteiger partial charge in [-0.05, 0) is 43.9 Å². The molecule has 0 aromatic heterocycles. The molecule has 29 heavy (non-hydrogen) atoms. The molecule has 3 rings (SSSR count). The van der Waals surface area contributed by atoms with Crippen LogP contribution in [0.3, 0.4) is 0 Å². The first kappa shape index (κ1) is 20.6. The second-order valence-corrected chi connectivity index (χ2v) is 8.16. The van der Waals surface area contributed by atoms with Gasteiger partial charge in [0.15, 0.2) is 0 Å². The first-order chi connectivity index (χ1) is 13.9. The van der Waals surface area contributed by atoms with Gasteiger partial charge in [0, 0.05) is 36.5 Å². The van der Waals surface area contributed by atoms with Crippen molar-refractivity contribution >= 4 is 5.71 Å². The van der Waals surface area contributed by atoms with E-state index in [0.717, 1.165) is 47.5 Å². The first-order valence-corrected chi connectivity index (χ1v) is 10.1. The summed E-state index contributed by atoms with van der Waals surface area (Å²) in [5.41, 5.74) is 7.40. The van der Waals surface area contributed by atoms with Crippen LogP contribution in [-0.4, -0.2) is 12.3 Å². The number of hydrogen-bond donors (Lipinski definition) is 1. The van der Waals surface area contributed by atoms with Gasteiger partial charge in [0.1, 0.15) is 0 Å².